The van der Waals surface area contributed by atoms with Crippen LogP contribution in [0.25, 0.3) is 0 Å². The maximum Gasteiger partial charge on any atom is 0.260 e. The SMILES string of the molecule is CC1(C)CCCN1S(=O)(=O)c1cnc[nH]1. The van der Waals surface area contributed by atoms with Gasteiger partial charge in [-0.2, -0.15) is 4.31 Å². The summed E-state index contributed by atoms with van der Waals surface area (Å²) in [5.41, 5.74) is -0.288. The van der Waals surface area contributed by atoms with E-state index < -0.39 is 10.0 Å². The van der Waals surface area contributed by atoms with E-state index in [4.69, 9.17) is 0 Å². The predicted molar refractivity (Wildman–Crippen MR) is 55.8 cm³/mol. The molecule has 0 atom stereocenters. The normalized spacial score (nSPS) is 22.0. The van der Waals surface area contributed by atoms with Gasteiger partial charge in [0.1, 0.15) is 0 Å². The van der Waals surface area contributed by atoms with Crippen molar-refractivity contribution in [1.29, 1.82) is 0 Å². The number of hydrogen-bond donors (Lipinski definition) is 1. The van der Waals surface area contributed by atoms with Crippen LogP contribution in [0.3, 0.4) is 0 Å². The molecule has 1 aliphatic rings. The second-order valence-corrected chi connectivity index (χ2v) is 6.24. The minimum atomic E-state index is -3.39. The monoisotopic (exact) mass is 229 g/mol. The number of nitrogens with zero attached hydrogens (tertiary/aromatic N) is 2. The topological polar surface area (TPSA) is 66.1 Å². The second kappa shape index (κ2) is 3.31. The van der Waals surface area contributed by atoms with E-state index in [2.05, 4.69) is 9.97 Å². The minimum Gasteiger partial charge on any atom is -0.335 e. The summed E-state index contributed by atoms with van der Waals surface area (Å²) in [6.45, 7) is 4.50. The average molecular weight is 229 g/mol. The number of H-pyrrole nitrogens is 1. The second-order valence-electron chi connectivity index (χ2n) is 4.41. The van der Waals surface area contributed by atoms with E-state index in [1.165, 1.54) is 12.5 Å². The van der Waals surface area contributed by atoms with Crippen molar-refractivity contribution in [3.05, 3.63) is 12.5 Å². The molecule has 84 valence electrons. The van der Waals surface area contributed by atoms with Crippen molar-refractivity contribution >= 4 is 10.0 Å². The van der Waals surface area contributed by atoms with Crippen LogP contribution >= 0.6 is 0 Å². The largest absolute Gasteiger partial charge is 0.335 e. The van der Waals surface area contributed by atoms with Crippen molar-refractivity contribution in [3.63, 3.8) is 0 Å². The molecule has 0 amide bonds. The van der Waals surface area contributed by atoms with Crippen molar-refractivity contribution in [3.8, 4) is 0 Å². The maximum atomic E-state index is 12.2. The number of aromatic amines is 1. The lowest BCUT2D eigenvalue weighted by Crippen LogP contribution is -2.42. The Morgan fingerprint density at radius 2 is 2.27 bits per heavy atom. The number of imidazole rings is 1. The minimum absolute atomic E-state index is 0.178. The van der Waals surface area contributed by atoms with Crippen LogP contribution < -0.4 is 0 Å². The Morgan fingerprint density at radius 1 is 1.53 bits per heavy atom. The molecular formula is C9H15N3O2S. The van der Waals surface area contributed by atoms with Crippen LogP contribution in [0.4, 0.5) is 0 Å². The standard InChI is InChI=1S/C9H15N3O2S/c1-9(2)4-3-5-12(9)15(13,14)8-6-10-7-11-8/h6-7H,3-5H2,1-2H3,(H,10,11). The Balaban J connectivity index is 2.39. The zero-order chi connectivity index (χ0) is 11.1. The summed E-state index contributed by atoms with van der Waals surface area (Å²) < 4.78 is 25.9. The van der Waals surface area contributed by atoms with Gasteiger partial charge in [0.25, 0.3) is 10.0 Å². The summed E-state index contributed by atoms with van der Waals surface area (Å²) in [7, 11) is -3.39. The van der Waals surface area contributed by atoms with Crippen LogP contribution in [0, 0.1) is 0 Å². The van der Waals surface area contributed by atoms with Crippen molar-refractivity contribution in [1.82, 2.24) is 14.3 Å². The molecule has 1 saturated heterocycles. The van der Waals surface area contributed by atoms with Crippen LogP contribution in [0.15, 0.2) is 17.6 Å². The molecule has 2 rings (SSSR count). The number of sulfonamides is 1. The van der Waals surface area contributed by atoms with Gasteiger partial charge in [0.15, 0.2) is 5.03 Å². The van der Waals surface area contributed by atoms with Gasteiger partial charge in [0.2, 0.25) is 0 Å². The first-order valence-electron chi connectivity index (χ1n) is 4.96. The Bertz CT molecular complexity index is 436. The molecule has 15 heavy (non-hydrogen) atoms. The third-order valence-electron chi connectivity index (χ3n) is 2.87. The van der Waals surface area contributed by atoms with E-state index in [1.54, 1.807) is 4.31 Å². The van der Waals surface area contributed by atoms with Crippen molar-refractivity contribution in [2.75, 3.05) is 6.54 Å². The number of nitrogens with one attached hydrogen (secondary N) is 1. The summed E-state index contributed by atoms with van der Waals surface area (Å²) >= 11 is 0. The van der Waals surface area contributed by atoms with Gasteiger partial charge in [-0.15, -0.1) is 0 Å². The molecule has 5 nitrogen and oxygen atoms in total. The number of aromatic nitrogens is 2. The van der Waals surface area contributed by atoms with Gasteiger partial charge < -0.3 is 4.98 Å². The quantitative estimate of drug-likeness (QED) is 0.821. The first-order valence-corrected chi connectivity index (χ1v) is 6.40. The van der Waals surface area contributed by atoms with Crippen molar-refractivity contribution in [2.24, 2.45) is 0 Å². The third kappa shape index (κ3) is 1.68. The lowest BCUT2D eigenvalue weighted by atomic mass is 10.0. The Kier molecular flexibility index (Phi) is 2.35. The molecular weight excluding hydrogens is 214 g/mol. The van der Waals surface area contributed by atoms with Crippen molar-refractivity contribution in [2.45, 2.75) is 37.3 Å². The summed E-state index contributed by atoms with van der Waals surface area (Å²) in [6, 6.07) is 0. The van der Waals surface area contributed by atoms with Crippen molar-refractivity contribution < 1.29 is 8.42 Å². The molecule has 0 radical (unpaired) electrons. The van der Waals surface area contributed by atoms with Gasteiger partial charge in [-0.3, -0.25) is 0 Å². The fraction of sp³-hybridized carbons (Fsp3) is 0.667. The van der Waals surface area contributed by atoms with Gasteiger partial charge in [-0.1, -0.05) is 0 Å². The highest BCUT2D eigenvalue weighted by atomic mass is 32.2. The number of hydrogen-bond acceptors (Lipinski definition) is 3. The highest BCUT2D eigenvalue weighted by Crippen LogP contribution is 2.33. The summed E-state index contributed by atoms with van der Waals surface area (Å²) in [5, 5.41) is 0.178. The molecule has 2 heterocycles. The summed E-state index contributed by atoms with van der Waals surface area (Å²) in [6.07, 6.45) is 4.56. The molecule has 1 N–H and O–H groups in total. The fourth-order valence-electron chi connectivity index (χ4n) is 2.03. The van der Waals surface area contributed by atoms with Gasteiger partial charge in [0, 0.05) is 12.1 Å². The average Bonchev–Trinajstić information content (AvgIpc) is 2.71. The molecule has 0 spiro atoms. The van der Waals surface area contributed by atoms with E-state index in [-0.39, 0.29) is 10.6 Å². The molecule has 0 bridgehead atoms. The van der Waals surface area contributed by atoms with Crippen LogP contribution in [-0.2, 0) is 10.0 Å². The molecule has 0 unspecified atom stereocenters. The molecule has 0 aromatic carbocycles. The zero-order valence-electron chi connectivity index (χ0n) is 8.90. The summed E-state index contributed by atoms with van der Waals surface area (Å²) in [5.74, 6) is 0. The van der Waals surface area contributed by atoms with Gasteiger partial charge in [-0.25, -0.2) is 13.4 Å². The van der Waals surface area contributed by atoms with E-state index >= 15 is 0 Å². The van der Waals surface area contributed by atoms with E-state index in [9.17, 15) is 8.42 Å². The molecule has 0 aliphatic carbocycles. The fourth-order valence-corrected chi connectivity index (χ4v) is 3.78. The van der Waals surface area contributed by atoms with Gasteiger partial charge in [-0.05, 0) is 26.7 Å². The lowest BCUT2D eigenvalue weighted by molar-refractivity contribution is 0.291. The zero-order valence-corrected chi connectivity index (χ0v) is 9.71. The highest BCUT2D eigenvalue weighted by molar-refractivity contribution is 7.89. The first-order chi connectivity index (χ1) is 6.94. The van der Waals surface area contributed by atoms with Crippen LogP contribution in [-0.4, -0.2) is 34.8 Å². The molecule has 1 aromatic rings. The smallest absolute Gasteiger partial charge is 0.260 e. The first kappa shape index (κ1) is 10.6. The molecule has 6 heteroatoms. The van der Waals surface area contributed by atoms with Gasteiger partial charge >= 0.3 is 0 Å². The van der Waals surface area contributed by atoms with E-state index in [1.807, 2.05) is 13.8 Å². The van der Waals surface area contributed by atoms with Gasteiger partial charge in [0.05, 0.1) is 12.5 Å². The van der Waals surface area contributed by atoms with Crippen LogP contribution in [0.1, 0.15) is 26.7 Å². The van der Waals surface area contributed by atoms with E-state index in [0.717, 1.165) is 12.8 Å². The molecule has 1 aliphatic heterocycles. The van der Waals surface area contributed by atoms with Crippen LogP contribution in [0.2, 0.25) is 0 Å². The van der Waals surface area contributed by atoms with Crippen LogP contribution in [0.5, 0.6) is 0 Å². The summed E-state index contributed by atoms with van der Waals surface area (Å²) in [4.78, 5) is 6.40. The molecule has 0 saturated carbocycles. The highest BCUT2D eigenvalue weighted by Gasteiger charge is 2.41. The predicted octanol–water partition coefficient (Wildman–Crippen LogP) is 0.973. The Hall–Kier alpha value is -0.880. The third-order valence-corrected chi connectivity index (χ3v) is 4.90. The maximum absolute atomic E-state index is 12.2. The molecule has 1 aromatic heterocycles. The lowest BCUT2D eigenvalue weighted by Gasteiger charge is -2.29. The Morgan fingerprint density at radius 3 is 2.73 bits per heavy atom. The number of rotatable bonds is 2. The molecule has 1 fully saturated rings. The van der Waals surface area contributed by atoms with E-state index in [0.29, 0.717) is 6.54 Å². The Labute approximate surface area is 89.6 Å².